The van der Waals surface area contributed by atoms with E-state index in [1.807, 2.05) is 0 Å². The molecular weight excluding hydrogens is 204 g/mol. The van der Waals surface area contributed by atoms with Gasteiger partial charge in [-0.1, -0.05) is 64.7 Å². The minimum Gasteiger partial charge on any atom is -0.0651 e. The second kappa shape index (κ2) is 5.33. The van der Waals surface area contributed by atoms with Gasteiger partial charge in [0.05, 0.1) is 0 Å². The fourth-order valence-corrected chi connectivity index (χ4v) is 4.74. The number of hydrogen-bond acceptors (Lipinski definition) is 0. The topological polar surface area (TPSA) is 0 Å². The molecule has 0 aliphatic heterocycles. The summed E-state index contributed by atoms with van der Waals surface area (Å²) in [5.41, 5.74) is 0. The first-order chi connectivity index (χ1) is 8.38. The molecule has 3 saturated carbocycles. The van der Waals surface area contributed by atoms with Crippen LogP contribution in [0.4, 0.5) is 0 Å². The molecule has 0 aromatic heterocycles. The van der Waals surface area contributed by atoms with Gasteiger partial charge in [-0.2, -0.15) is 0 Å². The molecule has 17 heavy (non-hydrogen) atoms. The maximum atomic E-state index is 2.41. The molecule has 0 saturated heterocycles. The highest BCUT2D eigenvalue weighted by Gasteiger charge is 2.40. The van der Waals surface area contributed by atoms with Crippen LogP contribution in [0, 0.1) is 29.6 Å². The van der Waals surface area contributed by atoms with Crippen molar-refractivity contribution in [1.29, 1.82) is 0 Å². The molecule has 3 aliphatic rings. The van der Waals surface area contributed by atoms with Crippen LogP contribution in [0.25, 0.3) is 0 Å². The van der Waals surface area contributed by atoms with Crippen molar-refractivity contribution in [2.45, 2.75) is 77.6 Å². The molecule has 98 valence electrons. The molecule has 0 aromatic carbocycles. The molecule has 3 rings (SSSR count). The quantitative estimate of drug-likeness (QED) is 0.572. The van der Waals surface area contributed by atoms with Crippen molar-refractivity contribution in [3.05, 3.63) is 0 Å². The van der Waals surface area contributed by atoms with Gasteiger partial charge in [0.1, 0.15) is 0 Å². The predicted molar refractivity (Wildman–Crippen MR) is 73.9 cm³/mol. The van der Waals surface area contributed by atoms with Crippen molar-refractivity contribution in [2.24, 2.45) is 29.6 Å². The van der Waals surface area contributed by atoms with E-state index in [1.54, 1.807) is 51.4 Å². The first-order valence-corrected chi connectivity index (χ1v) is 8.38. The molecule has 0 aromatic rings. The Morgan fingerprint density at radius 3 is 1.41 bits per heavy atom. The molecular formula is C17H30. The molecule has 0 N–H and O–H groups in total. The minimum atomic E-state index is 1.07. The Bertz CT molecular complexity index is 212. The van der Waals surface area contributed by atoms with Crippen molar-refractivity contribution in [1.82, 2.24) is 0 Å². The summed E-state index contributed by atoms with van der Waals surface area (Å²) in [6.07, 6.45) is 17.1. The molecule has 0 bridgehead atoms. The summed E-state index contributed by atoms with van der Waals surface area (Å²) in [5.74, 6) is 5.66. The Balaban J connectivity index is 1.66. The van der Waals surface area contributed by atoms with E-state index in [0.29, 0.717) is 0 Å². The zero-order chi connectivity index (χ0) is 11.7. The molecule has 0 nitrogen and oxygen atoms in total. The third-order valence-corrected chi connectivity index (χ3v) is 6.45. The van der Waals surface area contributed by atoms with Crippen LogP contribution in [-0.4, -0.2) is 0 Å². The van der Waals surface area contributed by atoms with Gasteiger partial charge in [-0.3, -0.25) is 0 Å². The largest absolute Gasteiger partial charge is 0.0651 e. The van der Waals surface area contributed by atoms with Gasteiger partial charge >= 0.3 is 0 Å². The lowest BCUT2D eigenvalue weighted by atomic mass is 9.61. The molecule has 2 atom stereocenters. The van der Waals surface area contributed by atoms with Crippen LogP contribution < -0.4 is 0 Å². The van der Waals surface area contributed by atoms with Crippen molar-refractivity contribution in [2.75, 3.05) is 0 Å². The molecule has 3 fully saturated rings. The highest BCUT2D eigenvalue weighted by molar-refractivity contribution is 4.90. The zero-order valence-corrected chi connectivity index (χ0v) is 11.7. The van der Waals surface area contributed by atoms with Crippen LogP contribution in [0.3, 0.4) is 0 Å². The summed E-state index contributed by atoms with van der Waals surface area (Å²) >= 11 is 0. The molecule has 0 spiro atoms. The summed E-state index contributed by atoms with van der Waals surface area (Å²) < 4.78 is 0. The van der Waals surface area contributed by atoms with E-state index in [9.17, 15) is 0 Å². The second-order valence-electron chi connectivity index (χ2n) is 7.14. The van der Waals surface area contributed by atoms with Crippen molar-refractivity contribution >= 4 is 0 Å². The van der Waals surface area contributed by atoms with Crippen molar-refractivity contribution < 1.29 is 0 Å². The summed E-state index contributed by atoms with van der Waals surface area (Å²) in [6, 6.07) is 0. The van der Waals surface area contributed by atoms with Gasteiger partial charge in [-0.05, 0) is 42.4 Å². The Kier molecular flexibility index (Phi) is 3.78. The molecule has 0 radical (unpaired) electrons. The Morgan fingerprint density at radius 1 is 0.647 bits per heavy atom. The fourth-order valence-electron chi connectivity index (χ4n) is 4.74. The van der Waals surface area contributed by atoms with E-state index >= 15 is 0 Å². The summed E-state index contributed by atoms with van der Waals surface area (Å²) in [4.78, 5) is 0. The van der Waals surface area contributed by atoms with E-state index in [-0.39, 0.29) is 0 Å². The molecule has 0 amide bonds. The predicted octanol–water partition coefficient (Wildman–Crippen LogP) is 5.42. The van der Waals surface area contributed by atoms with E-state index < -0.39 is 0 Å². The third-order valence-electron chi connectivity index (χ3n) is 6.45. The molecule has 2 unspecified atom stereocenters. The van der Waals surface area contributed by atoms with Gasteiger partial charge in [0, 0.05) is 0 Å². The minimum absolute atomic E-state index is 1.07. The normalized spacial score (nSPS) is 40.4. The van der Waals surface area contributed by atoms with Crippen LogP contribution in [0.2, 0.25) is 0 Å². The number of rotatable bonds is 3. The highest BCUT2D eigenvalue weighted by atomic mass is 14.5. The van der Waals surface area contributed by atoms with Gasteiger partial charge in [0.2, 0.25) is 0 Å². The summed E-state index contributed by atoms with van der Waals surface area (Å²) in [7, 11) is 0. The van der Waals surface area contributed by atoms with E-state index in [0.717, 1.165) is 29.6 Å². The van der Waals surface area contributed by atoms with Crippen molar-refractivity contribution in [3.8, 4) is 0 Å². The van der Waals surface area contributed by atoms with Crippen LogP contribution in [-0.2, 0) is 0 Å². The highest BCUT2D eigenvalue weighted by Crippen LogP contribution is 2.50. The first-order valence-electron chi connectivity index (χ1n) is 8.38. The Hall–Kier alpha value is 0. The van der Waals surface area contributed by atoms with Crippen LogP contribution >= 0.6 is 0 Å². The van der Waals surface area contributed by atoms with E-state index in [1.165, 1.54) is 19.3 Å². The fraction of sp³-hybridized carbons (Fsp3) is 1.00. The van der Waals surface area contributed by atoms with Gasteiger partial charge in [0.25, 0.3) is 0 Å². The standard InChI is InChI=1S/C17H30/c1-2-13-9-11-16(14-5-3-6-14)17(12-10-13)15-7-4-8-15/h13-17H,2-12H2,1H3. The lowest BCUT2D eigenvalue weighted by molar-refractivity contribution is 0.0633. The van der Waals surface area contributed by atoms with Gasteiger partial charge in [-0.15, -0.1) is 0 Å². The lowest BCUT2D eigenvalue weighted by Crippen LogP contribution is -2.34. The monoisotopic (exact) mass is 234 g/mol. The maximum absolute atomic E-state index is 2.41. The third kappa shape index (κ3) is 2.42. The van der Waals surface area contributed by atoms with Crippen LogP contribution in [0.15, 0.2) is 0 Å². The second-order valence-corrected chi connectivity index (χ2v) is 7.14. The molecule has 0 heteroatoms. The van der Waals surface area contributed by atoms with Gasteiger partial charge < -0.3 is 0 Å². The van der Waals surface area contributed by atoms with Gasteiger partial charge in [-0.25, -0.2) is 0 Å². The zero-order valence-electron chi connectivity index (χ0n) is 11.7. The molecule has 3 aliphatic carbocycles. The molecule has 0 heterocycles. The van der Waals surface area contributed by atoms with Gasteiger partial charge in [0.15, 0.2) is 0 Å². The average Bonchev–Trinajstić information content (AvgIpc) is 2.38. The summed E-state index contributed by atoms with van der Waals surface area (Å²) in [6.45, 7) is 2.41. The first kappa shape index (κ1) is 12.1. The smallest absolute Gasteiger partial charge is 0.0355 e. The Labute approximate surface area is 108 Å². The average molecular weight is 234 g/mol. The van der Waals surface area contributed by atoms with E-state index in [2.05, 4.69) is 6.92 Å². The summed E-state index contributed by atoms with van der Waals surface area (Å²) in [5, 5.41) is 0. The maximum Gasteiger partial charge on any atom is -0.0355 e. The SMILES string of the molecule is CCC1CCC(C2CCC2)C(C2CCC2)CC1. The number of hydrogen-bond donors (Lipinski definition) is 0. The Morgan fingerprint density at radius 2 is 1.12 bits per heavy atom. The lowest BCUT2D eigenvalue weighted by Gasteiger charge is -2.44. The van der Waals surface area contributed by atoms with Crippen LogP contribution in [0.1, 0.15) is 77.6 Å². The van der Waals surface area contributed by atoms with E-state index in [4.69, 9.17) is 0 Å². The van der Waals surface area contributed by atoms with Crippen molar-refractivity contribution in [3.63, 3.8) is 0 Å². The van der Waals surface area contributed by atoms with Crippen LogP contribution in [0.5, 0.6) is 0 Å².